The lowest BCUT2D eigenvalue weighted by Gasteiger charge is -2.28. The van der Waals surface area contributed by atoms with Crippen molar-refractivity contribution < 1.29 is 14.0 Å². The quantitative estimate of drug-likeness (QED) is 0.832. The number of hydrogen-bond acceptors (Lipinski definition) is 6. The molecule has 0 aliphatic carbocycles. The van der Waals surface area contributed by atoms with Crippen LogP contribution in [0.1, 0.15) is 24.5 Å². The van der Waals surface area contributed by atoms with Gasteiger partial charge in [-0.2, -0.15) is 4.98 Å². The van der Waals surface area contributed by atoms with Gasteiger partial charge in [0.25, 0.3) is 5.89 Å². The summed E-state index contributed by atoms with van der Waals surface area (Å²) in [4.78, 5) is 4.29. The molecule has 1 aliphatic rings. The highest BCUT2D eigenvalue weighted by Gasteiger charge is 2.37. The minimum absolute atomic E-state index is 0.291. The maximum Gasteiger partial charge on any atom is 0.259 e. The number of nitrogens with one attached hydrogen (secondary N) is 1. The second-order valence-electron chi connectivity index (χ2n) is 4.60. The number of rotatable bonds is 2. The fourth-order valence-corrected chi connectivity index (χ4v) is 2.19. The summed E-state index contributed by atoms with van der Waals surface area (Å²) in [6, 6.07) is 1.79. The maximum atomic E-state index is 10.5. The molecule has 2 N–H and O–H groups in total. The van der Waals surface area contributed by atoms with E-state index in [1.54, 1.807) is 12.3 Å². The van der Waals surface area contributed by atoms with Gasteiger partial charge in [0.15, 0.2) is 0 Å². The molecule has 6 heteroatoms. The molecule has 0 saturated carbocycles. The molecule has 0 radical (unpaired) electrons. The van der Waals surface area contributed by atoms with E-state index in [1.165, 1.54) is 0 Å². The van der Waals surface area contributed by atoms with Crippen LogP contribution in [0.25, 0.3) is 11.4 Å². The highest BCUT2D eigenvalue weighted by molar-refractivity contribution is 5.56. The first-order chi connectivity index (χ1) is 8.69. The first kappa shape index (κ1) is 11.4. The lowest BCUT2D eigenvalue weighted by molar-refractivity contribution is -0.0228. The van der Waals surface area contributed by atoms with E-state index in [4.69, 9.17) is 8.94 Å². The molecule has 2 aromatic heterocycles. The van der Waals surface area contributed by atoms with Crippen LogP contribution in [0.15, 0.2) is 21.3 Å². The van der Waals surface area contributed by atoms with Crippen molar-refractivity contribution in [3.8, 4) is 11.4 Å². The molecule has 3 rings (SSSR count). The summed E-state index contributed by atoms with van der Waals surface area (Å²) in [6.45, 7) is 3.34. The third-order valence-corrected chi connectivity index (χ3v) is 3.35. The van der Waals surface area contributed by atoms with Gasteiger partial charge in [0.1, 0.15) is 11.4 Å². The highest BCUT2D eigenvalue weighted by Crippen LogP contribution is 2.31. The Balaban J connectivity index is 1.92. The van der Waals surface area contributed by atoms with Gasteiger partial charge >= 0.3 is 0 Å². The Morgan fingerprint density at radius 3 is 2.83 bits per heavy atom. The normalized spacial score (nSPS) is 19.0. The summed E-state index contributed by atoms with van der Waals surface area (Å²) in [5, 5.41) is 17.6. The Labute approximate surface area is 104 Å². The maximum absolute atomic E-state index is 10.5. The summed E-state index contributed by atoms with van der Waals surface area (Å²) >= 11 is 0. The first-order valence-corrected chi connectivity index (χ1v) is 6.01. The van der Waals surface area contributed by atoms with E-state index in [-0.39, 0.29) is 0 Å². The molecule has 2 aromatic rings. The van der Waals surface area contributed by atoms with Gasteiger partial charge in [-0.25, -0.2) is 0 Å². The fourth-order valence-electron chi connectivity index (χ4n) is 2.19. The number of furan rings is 1. The largest absolute Gasteiger partial charge is 0.469 e. The van der Waals surface area contributed by atoms with Gasteiger partial charge in [-0.3, -0.25) is 0 Å². The van der Waals surface area contributed by atoms with Crippen LogP contribution in [0.5, 0.6) is 0 Å². The molecule has 1 saturated heterocycles. The summed E-state index contributed by atoms with van der Waals surface area (Å²) < 4.78 is 10.4. The Morgan fingerprint density at radius 2 is 2.17 bits per heavy atom. The molecule has 0 aromatic carbocycles. The predicted octanol–water partition coefficient (Wildman–Crippen LogP) is 1.21. The first-order valence-electron chi connectivity index (χ1n) is 6.01. The molecule has 18 heavy (non-hydrogen) atoms. The summed E-state index contributed by atoms with van der Waals surface area (Å²) in [5.74, 6) is 1.49. The molecule has 0 bridgehead atoms. The van der Waals surface area contributed by atoms with Gasteiger partial charge in [0, 0.05) is 0 Å². The minimum atomic E-state index is -1.01. The number of piperidine rings is 1. The van der Waals surface area contributed by atoms with Crippen LogP contribution in [0.4, 0.5) is 0 Å². The average Bonchev–Trinajstić information content (AvgIpc) is 2.98. The summed E-state index contributed by atoms with van der Waals surface area (Å²) in [7, 11) is 0. The smallest absolute Gasteiger partial charge is 0.259 e. The van der Waals surface area contributed by atoms with E-state index in [2.05, 4.69) is 15.5 Å². The average molecular weight is 249 g/mol. The van der Waals surface area contributed by atoms with Crippen LogP contribution in [0, 0.1) is 6.92 Å². The van der Waals surface area contributed by atoms with Crippen molar-refractivity contribution in [2.24, 2.45) is 0 Å². The van der Waals surface area contributed by atoms with Gasteiger partial charge in [-0.15, -0.1) is 0 Å². The van der Waals surface area contributed by atoms with Crippen molar-refractivity contribution in [1.29, 1.82) is 0 Å². The molecular weight excluding hydrogens is 234 g/mol. The summed E-state index contributed by atoms with van der Waals surface area (Å²) in [6.07, 6.45) is 2.75. The third kappa shape index (κ3) is 1.83. The SMILES string of the molecule is Cc1occc1-c1noc(C2(O)CCNCC2)n1. The number of aryl methyl sites for hydroxylation is 1. The summed E-state index contributed by atoms with van der Waals surface area (Å²) in [5.41, 5.74) is -0.212. The molecule has 6 nitrogen and oxygen atoms in total. The monoisotopic (exact) mass is 249 g/mol. The molecule has 0 atom stereocenters. The minimum Gasteiger partial charge on any atom is -0.469 e. The molecule has 0 spiro atoms. The van der Waals surface area contributed by atoms with Gasteiger partial charge in [-0.05, 0) is 38.9 Å². The molecule has 96 valence electrons. The molecule has 1 fully saturated rings. The van der Waals surface area contributed by atoms with E-state index in [0.717, 1.165) is 24.4 Å². The predicted molar refractivity (Wildman–Crippen MR) is 62.7 cm³/mol. The van der Waals surface area contributed by atoms with E-state index in [9.17, 15) is 5.11 Å². The lowest BCUT2D eigenvalue weighted by Crippen LogP contribution is -2.39. The third-order valence-electron chi connectivity index (χ3n) is 3.35. The second-order valence-corrected chi connectivity index (χ2v) is 4.60. The number of aliphatic hydroxyl groups is 1. The number of nitrogens with zero attached hydrogens (tertiary/aromatic N) is 2. The van der Waals surface area contributed by atoms with Gasteiger partial charge in [0.05, 0.1) is 11.8 Å². The lowest BCUT2D eigenvalue weighted by atomic mass is 9.92. The highest BCUT2D eigenvalue weighted by atomic mass is 16.5. The van der Waals surface area contributed by atoms with E-state index >= 15 is 0 Å². The molecule has 0 amide bonds. The number of aromatic nitrogens is 2. The van der Waals surface area contributed by atoms with Crippen LogP contribution in [-0.2, 0) is 5.60 Å². The molecule has 3 heterocycles. The van der Waals surface area contributed by atoms with Gasteiger partial charge < -0.3 is 19.4 Å². The van der Waals surface area contributed by atoms with Crippen molar-refractivity contribution in [2.75, 3.05) is 13.1 Å². The van der Waals surface area contributed by atoms with Crippen molar-refractivity contribution in [2.45, 2.75) is 25.4 Å². The topological polar surface area (TPSA) is 84.3 Å². The van der Waals surface area contributed by atoms with E-state index < -0.39 is 5.60 Å². The Morgan fingerprint density at radius 1 is 1.39 bits per heavy atom. The van der Waals surface area contributed by atoms with E-state index in [1.807, 2.05) is 6.92 Å². The Hall–Kier alpha value is -1.66. The van der Waals surface area contributed by atoms with Crippen LogP contribution in [0.3, 0.4) is 0 Å². The van der Waals surface area contributed by atoms with Crippen LogP contribution < -0.4 is 5.32 Å². The molecule has 0 unspecified atom stereocenters. The van der Waals surface area contributed by atoms with Crippen molar-refractivity contribution >= 4 is 0 Å². The van der Waals surface area contributed by atoms with Gasteiger partial charge in [0.2, 0.25) is 5.82 Å². The van der Waals surface area contributed by atoms with E-state index in [0.29, 0.717) is 24.6 Å². The number of hydrogen-bond donors (Lipinski definition) is 2. The Bertz CT molecular complexity index is 540. The fraction of sp³-hybridized carbons (Fsp3) is 0.500. The van der Waals surface area contributed by atoms with Crippen LogP contribution >= 0.6 is 0 Å². The second kappa shape index (κ2) is 4.22. The van der Waals surface area contributed by atoms with Crippen LogP contribution in [-0.4, -0.2) is 28.3 Å². The van der Waals surface area contributed by atoms with Gasteiger partial charge in [-0.1, -0.05) is 5.16 Å². The zero-order chi connectivity index (χ0) is 12.6. The molecular formula is C12H15N3O3. The zero-order valence-electron chi connectivity index (χ0n) is 10.1. The standard InChI is InChI=1S/C12H15N3O3/c1-8-9(2-7-17-8)10-14-11(18-15-10)12(16)3-5-13-6-4-12/h2,7,13,16H,3-6H2,1H3. The van der Waals surface area contributed by atoms with Crippen molar-refractivity contribution in [3.63, 3.8) is 0 Å². The van der Waals surface area contributed by atoms with Crippen molar-refractivity contribution in [1.82, 2.24) is 15.5 Å². The molecule has 1 aliphatic heterocycles. The Kier molecular flexibility index (Phi) is 2.68. The zero-order valence-corrected chi connectivity index (χ0v) is 10.1. The van der Waals surface area contributed by atoms with Crippen molar-refractivity contribution in [3.05, 3.63) is 24.0 Å². The van der Waals surface area contributed by atoms with Crippen LogP contribution in [0.2, 0.25) is 0 Å².